The summed E-state index contributed by atoms with van der Waals surface area (Å²) in [5.41, 5.74) is 0.381. The first-order chi connectivity index (χ1) is 13.8. The molecule has 10 heteroatoms. The fraction of sp³-hybridized carbons (Fsp3) is 0.263. The minimum Gasteiger partial charge on any atom is -0.329 e. The highest BCUT2D eigenvalue weighted by Gasteiger charge is 2.34. The lowest BCUT2D eigenvalue weighted by atomic mass is 10.1. The molecule has 2 aromatic carbocycles. The number of fused-ring (bicyclic) bond motifs is 1. The molecule has 1 aromatic heterocycles. The summed E-state index contributed by atoms with van der Waals surface area (Å²) in [5, 5.41) is 12.2. The third-order valence-electron chi connectivity index (χ3n) is 4.91. The fourth-order valence-electron chi connectivity index (χ4n) is 3.57. The Balaban J connectivity index is 1.70. The molecule has 1 atom stereocenters. The van der Waals surface area contributed by atoms with Gasteiger partial charge in [-0.3, -0.25) is 14.9 Å². The normalized spacial score (nSPS) is 17.0. The van der Waals surface area contributed by atoms with Crippen LogP contribution in [0.25, 0.3) is 10.2 Å². The lowest BCUT2D eigenvalue weighted by molar-refractivity contribution is -0.387. The molecule has 0 N–H and O–H groups in total. The summed E-state index contributed by atoms with van der Waals surface area (Å²) in [7, 11) is -3.78. The van der Waals surface area contributed by atoms with E-state index in [9.17, 15) is 23.3 Å². The van der Waals surface area contributed by atoms with Gasteiger partial charge in [-0.2, -0.15) is 0 Å². The standard InChI is InChI=1S/C19H17N3O5S2/c1-29(26,27)17-9-8-12(11-15(17)22(24)25)19(23)21-10-4-6-14(21)18-20-13-5-2-3-7-16(13)28-18/h2-3,5,7-9,11,14H,4,6,10H2,1H3. The van der Waals surface area contributed by atoms with Crippen molar-refractivity contribution in [3.63, 3.8) is 0 Å². The van der Waals surface area contributed by atoms with Gasteiger partial charge in [-0.05, 0) is 37.1 Å². The van der Waals surface area contributed by atoms with Crippen molar-refractivity contribution in [1.29, 1.82) is 0 Å². The Kier molecular flexibility index (Phi) is 4.83. The van der Waals surface area contributed by atoms with E-state index in [0.717, 1.165) is 46.5 Å². The van der Waals surface area contributed by atoms with Crippen molar-refractivity contribution < 1.29 is 18.1 Å². The Bertz CT molecular complexity index is 1200. The number of benzene rings is 2. The molecule has 29 heavy (non-hydrogen) atoms. The zero-order valence-corrected chi connectivity index (χ0v) is 17.1. The van der Waals surface area contributed by atoms with Crippen molar-refractivity contribution in [2.24, 2.45) is 0 Å². The fourth-order valence-corrected chi connectivity index (χ4v) is 5.52. The topological polar surface area (TPSA) is 110 Å². The number of likely N-dealkylation sites (tertiary alicyclic amines) is 1. The second-order valence-electron chi connectivity index (χ2n) is 6.89. The number of nitrogens with zero attached hydrogens (tertiary/aromatic N) is 3. The highest BCUT2D eigenvalue weighted by Crippen LogP contribution is 2.37. The van der Waals surface area contributed by atoms with Gasteiger partial charge >= 0.3 is 0 Å². The molecular formula is C19H17N3O5S2. The van der Waals surface area contributed by atoms with Crippen LogP contribution in [0.5, 0.6) is 0 Å². The van der Waals surface area contributed by atoms with Crippen LogP contribution in [0.1, 0.15) is 34.2 Å². The Hall–Kier alpha value is -2.85. The molecule has 0 bridgehead atoms. The number of nitro groups is 1. The van der Waals surface area contributed by atoms with Gasteiger partial charge in [0.25, 0.3) is 11.6 Å². The average molecular weight is 431 g/mol. The number of aromatic nitrogens is 1. The van der Waals surface area contributed by atoms with Gasteiger partial charge in [-0.25, -0.2) is 13.4 Å². The van der Waals surface area contributed by atoms with Crippen LogP contribution in [0.15, 0.2) is 47.4 Å². The average Bonchev–Trinajstić information content (AvgIpc) is 3.32. The van der Waals surface area contributed by atoms with Gasteiger partial charge in [0.1, 0.15) is 9.90 Å². The van der Waals surface area contributed by atoms with Crippen LogP contribution in [-0.2, 0) is 9.84 Å². The van der Waals surface area contributed by atoms with Gasteiger partial charge in [0.2, 0.25) is 0 Å². The molecule has 0 aliphatic carbocycles. The van der Waals surface area contributed by atoms with E-state index in [1.54, 1.807) is 4.90 Å². The van der Waals surface area contributed by atoms with E-state index in [2.05, 4.69) is 4.98 Å². The summed E-state index contributed by atoms with van der Waals surface area (Å²) in [6.45, 7) is 0.515. The quantitative estimate of drug-likeness (QED) is 0.461. The molecule has 8 nitrogen and oxygen atoms in total. The van der Waals surface area contributed by atoms with Crippen LogP contribution >= 0.6 is 11.3 Å². The minimum absolute atomic E-state index is 0.0945. The number of thiazole rings is 1. The number of nitro benzene ring substituents is 1. The summed E-state index contributed by atoms with van der Waals surface area (Å²) < 4.78 is 24.7. The first-order valence-corrected chi connectivity index (χ1v) is 11.6. The van der Waals surface area contributed by atoms with E-state index in [1.807, 2.05) is 24.3 Å². The van der Waals surface area contributed by atoms with Gasteiger partial charge in [0.15, 0.2) is 9.84 Å². The van der Waals surface area contributed by atoms with Crippen molar-refractivity contribution in [2.45, 2.75) is 23.8 Å². The SMILES string of the molecule is CS(=O)(=O)c1ccc(C(=O)N2CCCC2c2nc3ccccc3s2)cc1[N+](=O)[O-]. The second kappa shape index (κ2) is 7.20. The molecule has 0 radical (unpaired) electrons. The molecule has 1 fully saturated rings. The van der Waals surface area contributed by atoms with Crippen molar-refractivity contribution in [3.8, 4) is 0 Å². The number of hydrogen-bond acceptors (Lipinski definition) is 7. The van der Waals surface area contributed by atoms with Crippen molar-refractivity contribution in [3.05, 3.63) is 63.1 Å². The van der Waals surface area contributed by atoms with Crippen LogP contribution in [0.2, 0.25) is 0 Å². The molecule has 1 saturated heterocycles. The van der Waals surface area contributed by atoms with Crippen molar-refractivity contribution >= 4 is 43.0 Å². The monoisotopic (exact) mass is 431 g/mol. The van der Waals surface area contributed by atoms with Gasteiger partial charge in [0, 0.05) is 24.4 Å². The maximum Gasteiger partial charge on any atom is 0.288 e. The predicted octanol–water partition coefficient (Wildman–Crippen LogP) is 3.59. The number of rotatable bonds is 4. The summed E-state index contributed by atoms with van der Waals surface area (Å²) in [4.78, 5) is 29.6. The van der Waals surface area contributed by atoms with Gasteiger partial charge in [-0.1, -0.05) is 12.1 Å². The van der Waals surface area contributed by atoms with Gasteiger partial charge < -0.3 is 4.90 Å². The first-order valence-electron chi connectivity index (χ1n) is 8.90. The van der Waals surface area contributed by atoms with Crippen LogP contribution < -0.4 is 0 Å². The third kappa shape index (κ3) is 3.60. The third-order valence-corrected chi connectivity index (χ3v) is 7.19. The molecule has 3 aromatic rings. The van der Waals surface area contributed by atoms with E-state index < -0.39 is 25.3 Å². The summed E-state index contributed by atoms with van der Waals surface area (Å²) in [6.07, 6.45) is 2.46. The van der Waals surface area contributed by atoms with E-state index in [1.165, 1.54) is 17.4 Å². The molecule has 0 saturated carbocycles. The molecule has 1 amide bonds. The highest BCUT2D eigenvalue weighted by atomic mass is 32.2. The van der Waals surface area contributed by atoms with Crippen molar-refractivity contribution in [1.82, 2.24) is 9.88 Å². The molecule has 1 unspecified atom stereocenters. The number of carbonyl (C=O) groups is 1. The number of sulfone groups is 1. The minimum atomic E-state index is -3.78. The number of para-hydroxylation sites is 1. The zero-order valence-electron chi connectivity index (χ0n) is 15.4. The Morgan fingerprint density at radius 2 is 2.03 bits per heavy atom. The van der Waals surface area contributed by atoms with Crippen LogP contribution in [0.4, 0.5) is 5.69 Å². The van der Waals surface area contributed by atoms with E-state index in [4.69, 9.17) is 0 Å². The zero-order chi connectivity index (χ0) is 20.8. The molecule has 1 aliphatic rings. The Labute approximate surface area is 170 Å². The van der Waals surface area contributed by atoms with E-state index >= 15 is 0 Å². The Morgan fingerprint density at radius 3 is 2.72 bits per heavy atom. The van der Waals surface area contributed by atoms with Crippen LogP contribution in [-0.4, -0.2) is 41.9 Å². The molecule has 4 rings (SSSR count). The first kappa shape index (κ1) is 19.5. The lowest BCUT2D eigenvalue weighted by Crippen LogP contribution is -2.30. The largest absolute Gasteiger partial charge is 0.329 e. The Morgan fingerprint density at radius 1 is 1.28 bits per heavy atom. The molecular weight excluding hydrogens is 414 g/mol. The molecule has 150 valence electrons. The summed E-state index contributed by atoms with van der Waals surface area (Å²) >= 11 is 1.53. The predicted molar refractivity (Wildman–Crippen MR) is 109 cm³/mol. The smallest absolute Gasteiger partial charge is 0.288 e. The van der Waals surface area contributed by atoms with Gasteiger partial charge in [0.05, 0.1) is 21.2 Å². The molecule has 1 aliphatic heterocycles. The lowest BCUT2D eigenvalue weighted by Gasteiger charge is -2.23. The number of amides is 1. The van der Waals surface area contributed by atoms with Crippen LogP contribution in [0.3, 0.4) is 0 Å². The van der Waals surface area contributed by atoms with Gasteiger partial charge in [-0.15, -0.1) is 11.3 Å². The van der Waals surface area contributed by atoms with E-state index in [0.29, 0.717) is 6.54 Å². The molecule has 2 heterocycles. The number of carbonyl (C=O) groups excluding carboxylic acids is 1. The van der Waals surface area contributed by atoms with E-state index in [-0.39, 0.29) is 17.5 Å². The summed E-state index contributed by atoms with van der Waals surface area (Å²) in [5.74, 6) is -0.366. The van der Waals surface area contributed by atoms with Crippen LogP contribution in [0, 0.1) is 10.1 Å². The number of hydrogen-bond donors (Lipinski definition) is 0. The molecule has 0 spiro atoms. The maximum absolute atomic E-state index is 13.1. The highest BCUT2D eigenvalue weighted by molar-refractivity contribution is 7.90. The van der Waals surface area contributed by atoms with Crippen molar-refractivity contribution in [2.75, 3.05) is 12.8 Å². The second-order valence-corrected chi connectivity index (χ2v) is 9.93. The summed E-state index contributed by atoms with van der Waals surface area (Å²) in [6, 6.07) is 11.0. The maximum atomic E-state index is 13.1.